The second kappa shape index (κ2) is 17.9. The molecule has 2 aromatic rings. The van der Waals surface area contributed by atoms with Crippen molar-refractivity contribution < 1.29 is 45.2 Å². The predicted octanol–water partition coefficient (Wildman–Crippen LogP) is 4.65. The number of sulfonamides is 1. The predicted molar refractivity (Wildman–Crippen MR) is 198 cm³/mol. The zero-order valence-corrected chi connectivity index (χ0v) is 31.6. The number of carbonyl (C=O) groups excluding carboxylic acids is 3. The van der Waals surface area contributed by atoms with Gasteiger partial charge in [0.15, 0.2) is 5.71 Å². The molecule has 1 heterocycles. The Morgan fingerprint density at radius 3 is 2.04 bits per heavy atom. The van der Waals surface area contributed by atoms with Crippen LogP contribution in [0.25, 0.3) is 5.57 Å². The molecule has 0 atom stereocenters. The van der Waals surface area contributed by atoms with Gasteiger partial charge in [0.1, 0.15) is 18.0 Å². The molecular formula is C37H47N4O9S2+. The van der Waals surface area contributed by atoms with Crippen LogP contribution >= 0.6 is 0 Å². The highest BCUT2D eigenvalue weighted by atomic mass is 32.2. The van der Waals surface area contributed by atoms with Crippen molar-refractivity contribution in [3.05, 3.63) is 83.5 Å². The molecule has 0 bridgehead atoms. The van der Waals surface area contributed by atoms with E-state index in [4.69, 9.17) is 4.84 Å². The van der Waals surface area contributed by atoms with Gasteiger partial charge in [0, 0.05) is 62.3 Å². The van der Waals surface area contributed by atoms with Crippen LogP contribution in [0.1, 0.15) is 77.3 Å². The minimum absolute atomic E-state index is 0.00385. The van der Waals surface area contributed by atoms with Crippen molar-refractivity contribution in [1.82, 2.24) is 9.79 Å². The summed E-state index contributed by atoms with van der Waals surface area (Å²) in [5.41, 5.74) is 3.96. The average molecular weight is 756 g/mol. The first-order valence-electron chi connectivity index (χ1n) is 17.5. The summed E-state index contributed by atoms with van der Waals surface area (Å²) in [7, 11) is -9.12. The third-order valence-electron chi connectivity index (χ3n) is 8.93. The molecule has 1 aliphatic carbocycles. The lowest BCUT2D eigenvalue weighted by molar-refractivity contribution is -0.519. The third kappa shape index (κ3) is 9.91. The van der Waals surface area contributed by atoms with Gasteiger partial charge < -0.3 is 9.74 Å². The van der Waals surface area contributed by atoms with E-state index in [0.717, 1.165) is 43.6 Å². The van der Waals surface area contributed by atoms with Crippen molar-refractivity contribution in [3.63, 3.8) is 0 Å². The van der Waals surface area contributed by atoms with Gasteiger partial charge in [-0.05, 0) is 93.7 Å². The number of benzene rings is 2. The fraction of sp³-hybridized carbons (Fsp3) is 0.405. The lowest BCUT2D eigenvalue weighted by Gasteiger charge is -2.22. The zero-order valence-electron chi connectivity index (χ0n) is 30.0. The molecule has 2 aliphatic rings. The summed E-state index contributed by atoms with van der Waals surface area (Å²) in [5.74, 6) is -1.87. The average Bonchev–Trinajstić information content (AvgIpc) is 3.44. The molecule has 1 aliphatic heterocycles. The normalized spacial score (nSPS) is 14.7. The molecule has 2 amide bonds. The van der Waals surface area contributed by atoms with Crippen LogP contribution in [0.4, 0.5) is 5.69 Å². The van der Waals surface area contributed by atoms with Crippen molar-refractivity contribution in [3.8, 4) is 0 Å². The van der Waals surface area contributed by atoms with Gasteiger partial charge in [0.05, 0.1) is 4.90 Å². The Hall–Kier alpha value is -4.44. The summed E-state index contributed by atoms with van der Waals surface area (Å²) in [4.78, 5) is 41.4. The Bertz CT molecular complexity index is 1970. The van der Waals surface area contributed by atoms with Crippen LogP contribution in [0, 0.1) is 0 Å². The summed E-state index contributed by atoms with van der Waals surface area (Å²) < 4.78 is 67.5. The molecule has 13 nitrogen and oxygen atoms in total. The van der Waals surface area contributed by atoms with E-state index in [1.807, 2.05) is 48.6 Å². The number of rotatable bonds is 17. The van der Waals surface area contributed by atoms with Crippen LogP contribution in [0.15, 0.2) is 82.1 Å². The lowest BCUT2D eigenvalue weighted by Crippen LogP contribution is -2.31. The number of hydrogen-bond acceptors (Lipinski definition) is 9. The van der Waals surface area contributed by atoms with Crippen LogP contribution in [-0.2, 0) is 39.4 Å². The topological polar surface area (TPSA) is 170 Å². The van der Waals surface area contributed by atoms with Crippen molar-refractivity contribution >= 4 is 54.9 Å². The van der Waals surface area contributed by atoms with Gasteiger partial charge in [-0.15, -0.1) is 5.06 Å². The minimum Gasteiger partial charge on any atom is -0.372 e. The molecule has 4 rings (SSSR count). The van der Waals surface area contributed by atoms with E-state index in [1.165, 1.54) is 12.1 Å². The van der Waals surface area contributed by atoms with Crippen LogP contribution in [0.2, 0.25) is 0 Å². The van der Waals surface area contributed by atoms with E-state index >= 15 is 0 Å². The number of nitrogens with zero attached hydrogens (tertiary/aromatic N) is 3. The third-order valence-corrected chi connectivity index (χ3v) is 11.3. The molecule has 1 saturated heterocycles. The second-order valence-electron chi connectivity index (χ2n) is 12.2. The van der Waals surface area contributed by atoms with Crippen molar-refractivity contribution in [2.45, 2.75) is 76.0 Å². The summed E-state index contributed by atoms with van der Waals surface area (Å²) in [6.07, 6.45) is 8.66. The summed E-state index contributed by atoms with van der Waals surface area (Å²) >= 11 is 0. The molecule has 15 heteroatoms. The van der Waals surface area contributed by atoms with E-state index in [9.17, 15) is 35.8 Å². The Kier molecular flexibility index (Phi) is 13.9. The molecule has 2 N–H and O–H groups in total. The smallest absolute Gasteiger partial charge is 0.333 e. The number of imide groups is 1. The summed E-state index contributed by atoms with van der Waals surface area (Å²) in [6.45, 7) is 11.4. The van der Waals surface area contributed by atoms with Gasteiger partial charge in [-0.3, -0.25) is 14.1 Å². The maximum atomic E-state index is 13.3. The van der Waals surface area contributed by atoms with Gasteiger partial charge in [0.2, 0.25) is 10.0 Å². The van der Waals surface area contributed by atoms with Crippen LogP contribution < -0.4 is 9.62 Å². The largest absolute Gasteiger partial charge is 0.372 e. The van der Waals surface area contributed by atoms with Gasteiger partial charge in [0.25, 0.3) is 21.9 Å². The van der Waals surface area contributed by atoms with Crippen molar-refractivity contribution in [2.75, 3.05) is 37.6 Å². The first-order valence-corrected chi connectivity index (χ1v) is 20.4. The highest BCUT2D eigenvalue weighted by Crippen LogP contribution is 2.36. The first kappa shape index (κ1) is 40.3. The van der Waals surface area contributed by atoms with Gasteiger partial charge in [-0.1, -0.05) is 24.6 Å². The molecule has 0 spiro atoms. The number of amides is 2. The number of allylic oxidation sites excluding steroid dienone is 5. The maximum Gasteiger partial charge on any atom is 0.333 e. The number of hydrogen-bond donors (Lipinski definition) is 2. The number of unbranched alkanes of at least 4 members (excludes halogenated alkanes) is 2. The van der Waals surface area contributed by atoms with E-state index in [0.29, 0.717) is 41.0 Å². The van der Waals surface area contributed by atoms with E-state index < -0.39 is 42.8 Å². The fourth-order valence-electron chi connectivity index (χ4n) is 6.09. The van der Waals surface area contributed by atoms with Crippen LogP contribution in [0.5, 0.6) is 0 Å². The highest BCUT2D eigenvalue weighted by Gasteiger charge is 2.32. The standard InChI is InChI=1S/C37H46N4O9S2/c1-5-39(6-2)29-17-13-27(14-18-29)37(28-15-19-30(20-16-28)40(7-3)8-4)32-22-21-31(26-33(32)52(47,48)49)51(45,46)38-25-11-9-10-12-36(44)50-41-34(42)23-24-35(41)43/h13-22,26,38H,5-12,23-25H2,1-4H3/p+1. The quantitative estimate of drug-likeness (QED) is 0.100. The number of carbonyl (C=O) groups is 3. The Morgan fingerprint density at radius 1 is 0.865 bits per heavy atom. The zero-order chi connectivity index (χ0) is 38.1. The van der Waals surface area contributed by atoms with E-state index in [1.54, 1.807) is 0 Å². The van der Waals surface area contributed by atoms with E-state index in [2.05, 4.69) is 41.9 Å². The van der Waals surface area contributed by atoms with Crippen molar-refractivity contribution in [2.24, 2.45) is 0 Å². The Balaban J connectivity index is 1.58. The number of hydroxylamine groups is 2. The molecule has 0 radical (unpaired) electrons. The van der Waals surface area contributed by atoms with Gasteiger partial charge in [-0.25, -0.2) is 22.5 Å². The Labute approximate surface area is 306 Å². The van der Waals surface area contributed by atoms with Gasteiger partial charge >= 0.3 is 5.97 Å². The molecule has 2 aromatic carbocycles. The highest BCUT2D eigenvalue weighted by molar-refractivity contribution is 7.89. The first-order chi connectivity index (χ1) is 24.7. The number of nitrogens with one attached hydrogen (secondary N) is 1. The summed E-state index contributed by atoms with van der Waals surface area (Å²) in [6, 6.07) is 11.3. The Morgan fingerprint density at radius 2 is 1.48 bits per heavy atom. The molecular weight excluding hydrogens is 709 g/mol. The monoisotopic (exact) mass is 755 g/mol. The molecule has 1 fully saturated rings. The van der Waals surface area contributed by atoms with Crippen LogP contribution in [0.3, 0.4) is 0 Å². The molecule has 280 valence electrons. The van der Waals surface area contributed by atoms with Crippen molar-refractivity contribution in [1.29, 1.82) is 0 Å². The molecule has 0 aromatic heterocycles. The SMILES string of the molecule is CCN(CC)c1ccc(C(=C2C=CC(=[N+](CC)CC)C=C2)c2ccc(S(=O)(=O)NCCCCCC(=O)ON3C(=O)CCC3=O)cc2S(=O)(=O)O)cc1. The van der Waals surface area contributed by atoms with E-state index in [-0.39, 0.29) is 36.3 Å². The maximum absolute atomic E-state index is 13.3. The molecule has 0 unspecified atom stereocenters. The second-order valence-corrected chi connectivity index (χ2v) is 15.4. The molecule has 52 heavy (non-hydrogen) atoms. The lowest BCUT2D eigenvalue weighted by atomic mass is 9.90. The van der Waals surface area contributed by atoms with Crippen LogP contribution in [-0.4, -0.2) is 87.2 Å². The van der Waals surface area contributed by atoms with Gasteiger partial charge in [-0.2, -0.15) is 8.42 Å². The number of anilines is 1. The molecule has 0 saturated carbocycles. The minimum atomic E-state index is -4.91. The fourth-order valence-corrected chi connectivity index (χ4v) is 7.99. The summed E-state index contributed by atoms with van der Waals surface area (Å²) in [5, 5.41) is 0.482.